The molecule has 2 heterocycles. The minimum Gasteiger partial charge on any atom is -0.359 e. The van der Waals surface area contributed by atoms with Crippen LogP contribution >= 0.6 is 11.8 Å². The molecule has 0 bridgehead atoms. The second-order valence-electron chi connectivity index (χ2n) is 4.84. The summed E-state index contributed by atoms with van der Waals surface area (Å²) in [6.45, 7) is 4.10. The fourth-order valence-electron chi connectivity index (χ4n) is 2.06. The van der Waals surface area contributed by atoms with Crippen LogP contribution in [0.15, 0.2) is 4.99 Å². The molecule has 2 atom stereocenters. The zero-order valence-electron chi connectivity index (χ0n) is 9.69. The molecular weight excluding hydrogens is 244 g/mol. The van der Waals surface area contributed by atoms with Crippen LogP contribution in [0.3, 0.4) is 0 Å². The third-order valence-corrected chi connectivity index (χ3v) is 6.03. The van der Waals surface area contributed by atoms with Crippen LogP contribution in [0.5, 0.6) is 0 Å². The number of aliphatic imine (C=N–C) groups is 1. The van der Waals surface area contributed by atoms with Gasteiger partial charge in [0.05, 0.1) is 23.1 Å². The van der Waals surface area contributed by atoms with Crippen molar-refractivity contribution in [2.24, 2.45) is 4.99 Å². The number of sulfone groups is 1. The monoisotopic (exact) mass is 262 g/mol. The predicted molar refractivity (Wildman–Crippen MR) is 68.8 cm³/mol. The van der Waals surface area contributed by atoms with Crippen LogP contribution in [0.25, 0.3) is 0 Å². The molecule has 0 amide bonds. The Balaban J connectivity index is 2.01. The number of nitrogens with one attached hydrogen (secondary N) is 1. The normalized spacial score (nSPS) is 37.4. The summed E-state index contributed by atoms with van der Waals surface area (Å²) in [6, 6.07) is 0.397. The lowest BCUT2D eigenvalue weighted by atomic mass is 10.0. The van der Waals surface area contributed by atoms with Crippen molar-refractivity contribution in [3.8, 4) is 0 Å². The summed E-state index contributed by atoms with van der Waals surface area (Å²) in [5, 5.41) is 4.23. The van der Waals surface area contributed by atoms with Gasteiger partial charge in [-0.15, -0.1) is 0 Å². The maximum atomic E-state index is 11.5. The average Bonchev–Trinajstić information content (AvgIpc) is 2.71. The van der Waals surface area contributed by atoms with E-state index < -0.39 is 9.84 Å². The molecule has 2 aliphatic rings. The van der Waals surface area contributed by atoms with E-state index in [0.29, 0.717) is 18.2 Å². The van der Waals surface area contributed by atoms with E-state index >= 15 is 0 Å². The summed E-state index contributed by atoms with van der Waals surface area (Å²) in [7, 11) is -2.84. The molecule has 0 saturated carbocycles. The summed E-state index contributed by atoms with van der Waals surface area (Å²) < 4.78 is 22.9. The smallest absolute Gasteiger partial charge is 0.157 e. The lowest BCUT2D eigenvalue weighted by molar-refractivity contribution is 0.474. The second kappa shape index (κ2) is 4.22. The van der Waals surface area contributed by atoms with Gasteiger partial charge >= 0.3 is 0 Å². The second-order valence-corrected chi connectivity index (χ2v) is 8.03. The van der Waals surface area contributed by atoms with E-state index in [0.717, 1.165) is 17.3 Å². The van der Waals surface area contributed by atoms with Crippen molar-refractivity contribution in [1.82, 2.24) is 5.32 Å². The largest absolute Gasteiger partial charge is 0.359 e. The molecule has 6 heteroatoms. The molecule has 0 aromatic heterocycles. The van der Waals surface area contributed by atoms with E-state index in [-0.39, 0.29) is 11.3 Å². The topological polar surface area (TPSA) is 58.5 Å². The van der Waals surface area contributed by atoms with Gasteiger partial charge in [0.15, 0.2) is 15.0 Å². The number of amidine groups is 1. The molecule has 0 radical (unpaired) electrons. The Kier molecular flexibility index (Phi) is 3.22. The van der Waals surface area contributed by atoms with Crippen molar-refractivity contribution >= 4 is 26.8 Å². The van der Waals surface area contributed by atoms with Gasteiger partial charge in [-0.1, -0.05) is 18.7 Å². The summed E-state index contributed by atoms with van der Waals surface area (Å²) in [6.07, 6.45) is 1.74. The first-order valence-corrected chi connectivity index (χ1v) is 8.42. The molecule has 4 nitrogen and oxygen atoms in total. The van der Waals surface area contributed by atoms with Crippen molar-refractivity contribution in [2.45, 2.75) is 38.3 Å². The van der Waals surface area contributed by atoms with E-state index in [2.05, 4.69) is 17.2 Å². The highest BCUT2D eigenvalue weighted by molar-refractivity contribution is 8.14. The zero-order chi connectivity index (χ0) is 11.8. The fourth-order valence-corrected chi connectivity index (χ4v) is 5.36. The third-order valence-electron chi connectivity index (χ3n) is 3.10. The Morgan fingerprint density at radius 3 is 2.88 bits per heavy atom. The lowest BCUT2D eigenvalue weighted by Crippen LogP contribution is -2.45. The van der Waals surface area contributed by atoms with Gasteiger partial charge in [-0.2, -0.15) is 0 Å². The molecule has 2 rings (SSSR count). The predicted octanol–water partition coefficient (Wildman–Crippen LogP) is 1.03. The first kappa shape index (κ1) is 12.2. The number of hydrogen-bond donors (Lipinski definition) is 1. The summed E-state index contributed by atoms with van der Waals surface area (Å²) >= 11 is 1.70. The van der Waals surface area contributed by atoms with Crippen LogP contribution in [0.1, 0.15) is 26.7 Å². The van der Waals surface area contributed by atoms with Gasteiger partial charge in [0.1, 0.15) is 0 Å². The molecule has 1 N–H and O–H groups in total. The number of hydrogen-bond acceptors (Lipinski definition) is 5. The van der Waals surface area contributed by atoms with Crippen molar-refractivity contribution in [3.05, 3.63) is 0 Å². The number of nitrogens with zero attached hydrogens (tertiary/aromatic N) is 1. The van der Waals surface area contributed by atoms with E-state index in [4.69, 9.17) is 0 Å². The van der Waals surface area contributed by atoms with Crippen molar-refractivity contribution in [1.29, 1.82) is 0 Å². The Labute approximate surface area is 101 Å². The molecule has 1 fully saturated rings. The molecule has 0 spiro atoms. The van der Waals surface area contributed by atoms with Crippen molar-refractivity contribution < 1.29 is 8.42 Å². The maximum absolute atomic E-state index is 11.5. The molecule has 16 heavy (non-hydrogen) atoms. The highest BCUT2D eigenvalue weighted by Gasteiger charge is 2.39. The SMILES string of the molecule is CCC1CSC(NC2(C)CCS(=O)(=O)C2)=N1. The highest BCUT2D eigenvalue weighted by Crippen LogP contribution is 2.26. The summed E-state index contributed by atoms with van der Waals surface area (Å²) in [4.78, 5) is 4.54. The first-order valence-electron chi connectivity index (χ1n) is 5.62. The molecular formula is C10H18N2O2S2. The van der Waals surface area contributed by atoms with Crippen molar-refractivity contribution in [3.63, 3.8) is 0 Å². The molecule has 92 valence electrons. The van der Waals surface area contributed by atoms with Gasteiger partial charge in [0, 0.05) is 5.75 Å². The zero-order valence-corrected chi connectivity index (χ0v) is 11.3. The van der Waals surface area contributed by atoms with Crippen LogP contribution in [0.4, 0.5) is 0 Å². The van der Waals surface area contributed by atoms with E-state index in [9.17, 15) is 8.42 Å². The lowest BCUT2D eigenvalue weighted by Gasteiger charge is -2.24. The maximum Gasteiger partial charge on any atom is 0.157 e. The van der Waals surface area contributed by atoms with Gasteiger partial charge in [-0.05, 0) is 19.8 Å². The number of thioether (sulfide) groups is 1. The van der Waals surface area contributed by atoms with Crippen LogP contribution in [0.2, 0.25) is 0 Å². The Bertz CT molecular complexity index is 405. The Morgan fingerprint density at radius 2 is 2.38 bits per heavy atom. The molecule has 1 saturated heterocycles. The van der Waals surface area contributed by atoms with Gasteiger partial charge in [0.25, 0.3) is 0 Å². The van der Waals surface area contributed by atoms with E-state index in [1.807, 2.05) is 6.92 Å². The summed E-state index contributed by atoms with van der Waals surface area (Å²) in [5.41, 5.74) is -0.312. The molecule has 2 aliphatic heterocycles. The minimum absolute atomic E-state index is 0.233. The molecule has 0 aromatic carbocycles. The molecule has 0 aromatic rings. The van der Waals surface area contributed by atoms with Gasteiger partial charge < -0.3 is 5.32 Å². The van der Waals surface area contributed by atoms with E-state index in [1.54, 1.807) is 11.8 Å². The van der Waals surface area contributed by atoms with Gasteiger partial charge in [0.2, 0.25) is 0 Å². The van der Waals surface area contributed by atoms with E-state index in [1.165, 1.54) is 0 Å². The van der Waals surface area contributed by atoms with Crippen LogP contribution in [-0.2, 0) is 9.84 Å². The molecule has 2 unspecified atom stereocenters. The third kappa shape index (κ3) is 2.71. The first-order chi connectivity index (χ1) is 7.42. The van der Waals surface area contributed by atoms with Crippen LogP contribution < -0.4 is 5.32 Å². The fraction of sp³-hybridized carbons (Fsp3) is 0.900. The van der Waals surface area contributed by atoms with Crippen molar-refractivity contribution in [2.75, 3.05) is 17.3 Å². The Hall–Kier alpha value is -0.230. The van der Waals surface area contributed by atoms with Crippen LogP contribution in [-0.4, -0.2) is 42.4 Å². The summed E-state index contributed by atoms with van der Waals surface area (Å²) in [5.74, 6) is 1.55. The van der Waals surface area contributed by atoms with Gasteiger partial charge in [-0.25, -0.2) is 8.42 Å². The van der Waals surface area contributed by atoms with Gasteiger partial charge in [-0.3, -0.25) is 4.99 Å². The number of rotatable bonds is 2. The minimum atomic E-state index is -2.84. The highest BCUT2D eigenvalue weighted by atomic mass is 32.2. The molecule has 0 aliphatic carbocycles. The Morgan fingerprint density at radius 1 is 1.62 bits per heavy atom. The quantitative estimate of drug-likeness (QED) is 0.807. The standard InChI is InChI=1S/C10H18N2O2S2/c1-3-8-6-15-9(11-8)12-10(2)4-5-16(13,14)7-10/h8H,3-7H2,1-2H3,(H,11,12). The van der Waals surface area contributed by atoms with Crippen LogP contribution in [0, 0.1) is 0 Å². The average molecular weight is 262 g/mol.